The third kappa shape index (κ3) is 2.31. The number of aryl methyl sites for hydroxylation is 2. The molecule has 4 rings (SSSR count). The zero-order valence-corrected chi connectivity index (χ0v) is 13.7. The van der Waals surface area contributed by atoms with E-state index in [4.69, 9.17) is 0 Å². The van der Waals surface area contributed by atoms with Crippen LogP contribution in [0.5, 0.6) is 0 Å². The lowest BCUT2D eigenvalue weighted by atomic mass is 10.1. The summed E-state index contributed by atoms with van der Waals surface area (Å²) in [4.78, 5) is 26.8. The number of rotatable bonds is 2. The Kier molecular flexibility index (Phi) is 3.38. The maximum Gasteiger partial charge on any atom is 0.263 e. The molecule has 0 aliphatic carbocycles. The van der Waals surface area contributed by atoms with E-state index in [2.05, 4.69) is 10.3 Å². The lowest BCUT2D eigenvalue weighted by Crippen LogP contribution is -2.39. The minimum absolute atomic E-state index is 0.382. The Morgan fingerprint density at radius 3 is 2.28 bits per heavy atom. The fourth-order valence-electron chi connectivity index (χ4n) is 3.09. The summed E-state index contributed by atoms with van der Waals surface area (Å²) < 4.78 is 13.1. The van der Waals surface area contributed by atoms with Crippen molar-refractivity contribution in [3.8, 4) is 0 Å². The molecule has 0 unspecified atom stereocenters. The zero-order chi connectivity index (χ0) is 17.7. The summed E-state index contributed by atoms with van der Waals surface area (Å²) in [6.07, 6.45) is 0. The second-order valence-electron chi connectivity index (χ2n) is 6.20. The van der Waals surface area contributed by atoms with Crippen molar-refractivity contribution < 1.29 is 14.0 Å². The number of carbonyl (C=O) groups is 2. The first-order valence-electron chi connectivity index (χ1n) is 7.88. The van der Waals surface area contributed by atoms with Crippen molar-refractivity contribution in [1.29, 1.82) is 0 Å². The van der Waals surface area contributed by atoms with Crippen LogP contribution in [0.15, 0.2) is 52.8 Å². The Morgan fingerprint density at radius 1 is 0.920 bits per heavy atom. The van der Waals surface area contributed by atoms with Crippen LogP contribution in [-0.2, 0) is 9.59 Å². The fourth-order valence-corrected chi connectivity index (χ4v) is 3.09. The summed E-state index contributed by atoms with van der Waals surface area (Å²) in [6.45, 7) is 3.89. The summed E-state index contributed by atoms with van der Waals surface area (Å²) >= 11 is 0. The van der Waals surface area contributed by atoms with Crippen LogP contribution in [0.3, 0.4) is 0 Å². The van der Waals surface area contributed by atoms with Gasteiger partial charge in [-0.2, -0.15) is 5.11 Å². The van der Waals surface area contributed by atoms with Crippen LogP contribution < -0.4 is 9.91 Å². The smallest absolute Gasteiger partial charge is 0.263 e. The molecule has 0 aromatic heterocycles. The number of benzene rings is 2. The topological polar surface area (TPSA) is 65.3 Å². The normalized spacial score (nSPS) is 22.0. The van der Waals surface area contributed by atoms with E-state index in [1.165, 1.54) is 29.3 Å². The number of amides is 2. The van der Waals surface area contributed by atoms with Gasteiger partial charge in [-0.15, -0.1) is 0 Å². The van der Waals surface area contributed by atoms with Crippen molar-refractivity contribution in [1.82, 2.24) is 0 Å². The maximum absolute atomic E-state index is 13.1. The summed E-state index contributed by atoms with van der Waals surface area (Å²) in [7, 11) is 0. The number of anilines is 2. The van der Waals surface area contributed by atoms with Gasteiger partial charge in [-0.05, 0) is 61.4 Å². The second-order valence-corrected chi connectivity index (χ2v) is 6.20. The average Bonchev–Trinajstić information content (AvgIpc) is 3.12. The van der Waals surface area contributed by atoms with Gasteiger partial charge in [0.1, 0.15) is 5.82 Å². The van der Waals surface area contributed by atoms with Gasteiger partial charge < -0.3 is 0 Å². The fraction of sp³-hybridized carbons (Fsp3) is 0.222. The largest absolute Gasteiger partial charge is 0.271 e. The molecule has 1 fully saturated rings. The Hall–Kier alpha value is -3.09. The molecule has 2 heterocycles. The van der Waals surface area contributed by atoms with E-state index < -0.39 is 18.0 Å². The Bertz CT molecular complexity index is 910. The molecule has 6 nitrogen and oxygen atoms in total. The van der Waals surface area contributed by atoms with Crippen LogP contribution in [-0.4, -0.2) is 23.9 Å². The van der Waals surface area contributed by atoms with Crippen LogP contribution in [0.4, 0.5) is 15.8 Å². The molecule has 2 aliphatic heterocycles. The molecule has 7 heteroatoms. The van der Waals surface area contributed by atoms with E-state index in [0.29, 0.717) is 11.4 Å². The number of nitrogens with zero attached hydrogens (tertiary/aromatic N) is 4. The average molecular weight is 338 g/mol. The third-order valence-electron chi connectivity index (χ3n) is 4.62. The summed E-state index contributed by atoms with van der Waals surface area (Å²) in [5.41, 5.74) is 3.12. The van der Waals surface area contributed by atoms with Crippen molar-refractivity contribution in [2.45, 2.75) is 25.9 Å². The third-order valence-corrected chi connectivity index (χ3v) is 4.62. The second kappa shape index (κ2) is 5.47. The molecular weight excluding hydrogens is 323 g/mol. The standard InChI is InChI=1S/C18H15FN4O2/c1-10-3-6-14(9-11(10)2)22-17(24)15-16(18(22)25)23(21-20-15)13-7-4-12(19)5-8-13/h3-9,15-16H,1-2H3/t15-,16-/m1/s1. The van der Waals surface area contributed by atoms with Gasteiger partial charge >= 0.3 is 0 Å². The number of fused-ring (bicyclic) bond motifs is 1. The Balaban J connectivity index is 1.70. The first kappa shape index (κ1) is 15.4. The SMILES string of the molecule is Cc1ccc(N2C(=O)[C@@H]3N=NN(c4ccc(F)cc4)[C@H]3C2=O)cc1C. The van der Waals surface area contributed by atoms with E-state index in [1.54, 1.807) is 6.07 Å². The van der Waals surface area contributed by atoms with Crippen molar-refractivity contribution in [2.75, 3.05) is 9.91 Å². The van der Waals surface area contributed by atoms with Gasteiger partial charge in [-0.3, -0.25) is 9.59 Å². The van der Waals surface area contributed by atoms with Crippen LogP contribution in [0.1, 0.15) is 11.1 Å². The number of hydrogen-bond donors (Lipinski definition) is 0. The molecule has 2 aromatic carbocycles. The maximum atomic E-state index is 13.1. The van der Waals surface area contributed by atoms with Crippen molar-refractivity contribution in [3.05, 3.63) is 59.4 Å². The highest BCUT2D eigenvalue weighted by Gasteiger charge is 2.55. The molecule has 1 saturated heterocycles. The number of halogens is 1. The van der Waals surface area contributed by atoms with Crippen molar-refractivity contribution in [2.24, 2.45) is 10.3 Å². The van der Waals surface area contributed by atoms with Gasteiger partial charge in [0.25, 0.3) is 11.8 Å². The summed E-state index contributed by atoms with van der Waals surface area (Å²) in [6, 6.07) is 9.29. The molecule has 2 aromatic rings. The molecule has 0 saturated carbocycles. The van der Waals surface area contributed by atoms with Crippen LogP contribution in [0.25, 0.3) is 0 Å². The Morgan fingerprint density at radius 2 is 1.60 bits per heavy atom. The molecule has 0 spiro atoms. The quantitative estimate of drug-likeness (QED) is 0.791. The van der Waals surface area contributed by atoms with Gasteiger partial charge in [0.05, 0.1) is 11.4 Å². The summed E-state index contributed by atoms with van der Waals surface area (Å²) in [5.74, 6) is -1.17. The van der Waals surface area contributed by atoms with E-state index in [0.717, 1.165) is 16.0 Å². The molecule has 2 aliphatic rings. The van der Waals surface area contributed by atoms with Crippen molar-refractivity contribution in [3.63, 3.8) is 0 Å². The number of hydrogen-bond acceptors (Lipinski definition) is 5. The van der Waals surface area contributed by atoms with Crippen LogP contribution in [0.2, 0.25) is 0 Å². The van der Waals surface area contributed by atoms with Gasteiger partial charge in [-0.25, -0.2) is 14.3 Å². The molecule has 2 atom stereocenters. The minimum atomic E-state index is -0.876. The van der Waals surface area contributed by atoms with Crippen LogP contribution >= 0.6 is 0 Å². The highest BCUT2D eigenvalue weighted by Crippen LogP contribution is 2.35. The highest BCUT2D eigenvalue weighted by molar-refractivity contribution is 6.26. The van der Waals surface area contributed by atoms with Gasteiger partial charge in [0.2, 0.25) is 0 Å². The molecule has 2 amide bonds. The lowest BCUT2D eigenvalue weighted by Gasteiger charge is -2.21. The molecule has 126 valence electrons. The van der Waals surface area contributed by atoms with Crippen molar-refractivity contribution >= 4 is 23.2 Å². The van der Waals surface area contributed by atoms with Gasteiger partial charge in [0.15, 0.2) is 12.1 Å². The summed E-state index contributed by atoms with van der Waals surface area (Å²) in [5, 5.41) is 9.30. The molecule has 0 bridgehead atoms. The van der Waals surface area contributed by atoms with E-state index >= 15 is 0 Å². The van der Waals surface area contributed by atoms with E-state index in [1.807, 2.05) is 26.0 Å². The predicted octanol–water partition coefficient (Wildman–Crippen LogP) is 2.94. The molecule has 0 radical (unpaired) electrons. The molecular formula is C18H15FN4O2. The van der Waals surface area contributed by atoms with E-state index in [-0.39, 0.29) is 11.7 Å². The van der Waals surface area contributed by atoms with Crippen LogP contribution in [0, 0.1) is 19.7 Å². The minimum Gasteiger partial charge on any atom is -0.271 e. The molecule has 0 N–H and O–H groups in total. The lowest BCUT2D eigenvalue weighted by molar-refractivity contribution is -0.121. The number of carbonyl (C=O) groups excluding carboxylic acids is 2. The van der Waals surface area contributed by atoms with E-state index in [9.17, 15) is 14.0 Å². The molecule has 25 heavy (non-hydrogen) atoms. The number of imide groups is 1. The first-order valence-corrected chi connectivity index (χ1v) is 7.88. The Labute approximate surface area is 143 Å². The zero-order valence-electron chi connectivity index (χ0n) is 13.7. The highest BCUT2D eigenvalue weighted by atomic mass is 19.1. The monoisotopic (exact) mass is 338 g/mol. The first-order chi connectivity index (χ1) is 12.0. The van der Waals surface area contributed by atoms with Gasteiger partial charge in [-0.1, -0.05) is 11.3 Å². The predicted molar refractivity (Wildman–Crippen MR) is 89.7 cm³/mol. The van der Waals surface area contributed by atoms with Gasteiger partial charge in [0, 0.05) is 0 Å².